The summed E-state index contributed by atoms with van der Waals surface area (Å²) in [7, 11) is 0. The standard InChI is InChI=1S/C24H41N3O6.C11H10O/c1-4-5-12-18(23(30)31)25-21(28)19-13-9-14-27(19)22(29)20(17-10-7-6-8-11-17)26-24(32)33-15-16(2)3;12-8-10-6-3-5-9-4-1-2-7-11(9)10/h16-20H,4-15H2,1-3H3,(H,25,28)(H,26,32)(H,30,31);1-7,12H,8H2. The van der Waals surface area contributed by atoms with E-state index in [1.54, 1.807) is 0 Å². The third kappa shape index (κ3) is 10.7. The fraction of sp³-hybridized carbons (Fsp3) is 0.600. The smallest absolute Gasteiger partial charge is 0.407 e. The molecule has 0 bridgehead atoms. The first kappa shape index (κ1) is 35.8. The molecule has 1 aliphatic heterocycles. The summed E-state index contributed by atoms with van der Waals surface area (Å²) in [5.41, 5.74) is 0.994. The average Bonchev–Trinajstić information content (AvgIpc) is 3.55. The molecule has 1 aliphatic carbocycles. The number of rotatable bonds is 12. The largest absolute Gasteiger partial charge is 0.480 e. The fourth-order valence-corrected chi connectivity index (χ4v) is 6.11. The third-order valence-corrected chi connectivity index (χ3v) is 8.56. The Bertz CT molecular complexity index is 1260. The maximum Gasteiger partial charge on any atom is 0.407 e. The summed E-state index contributed by atoms with van der Waals surface area (Å²) in [5.74, 6) is -1.60. The molecule has 1 heterocycles. The van der Waals surface area contributed by atoms with E-state index in [2.05, 4.69) is 22.8 Å². The van der Waals surface area contributed by atoms with Crippen LogP contribution in [0.5, 0.6) is 0 Å². The van der Waals surface area contributed by atoms with E-state index in [4.69, 9.17) is 9.84 Å². The Balaban J connectivity index is 0.000000379. The minimum absolute atomic E-state index is 0.00140. The lowest BCUT2D eigenvalue weighted by Crippen LogP contribution is -2.57. The molecule has 10 nitrogen and oxygen atoms in total. The van der Waals surface area contributed by atoms with E-state index in [0.29, 0.717) is 32.2 Å². The first-order valence-corrected chi connectivity index (χ1v) is 16.5. The van der Waals surface area contributed by atoms with Crippen LogP contribution in [0.3, 0.4) is 0 Å². The van der Waals surface area contributed by atoms with Crippen LogP contribution in [-0.2, 0) is 25.7 Å². The molecule has 0 spiro atoms. The van der Waals surface area contributed by atoms with E-state index in [0.717, 1.165) is 49.5 Å². The van der Waals surface area contributed by atoms with Gasteiger partial charge in [0.1, 0.15) is 18.1 Å². The van der Waals surface area contributed by atoms with Gasteiger partial charge in [0.25, 0.3) is 0 Å². The van der Waals surface area contributed by atoms with Gasteiger partial charge < -0.3 is 30.5 Å². The highest BCUT2D eigenvalue weighted by Gasteiger charge is 2.41. The van der Waals surface area contributed by atoms with Crippen LogP contribution in [0.2, 0.25) is 0 Å². The number of fused-ring (bicyclic) bond motifs is 1. The zero-order chi connectivity index (χ0) is 32.8. The number of amides is 3. The van der Waals surface area contributed by atoms with Gasteiger partial charge >= 0.3 is 12.1 Å². The van der Waals surface area contributed by atoms with Gasteiger partial charge in [-0.3, -0.25) is 9.59 Å². The van der Waals surface area contributed by atoms with Crippen molar-refractivity contribution in [3.8, 4) is 0 Å². The second-order valence-corrected chi connectivity index (χ2v) is 12.5. The number of aliphatic hydroxyl groups is 1. The Hall–Kier alpha value is -3.66. The molecule has 0 radical (unpaired) electrons. The van der Waals surface area contributed by atoms with Crippen molar-refractivity contribution in [1.29, 1.82) is 0 Å². The van der Waals surface area contributed by atoms with Gasteiger partial charge in [0.05, 0.1) is 13.2 Å². The predicted molar refractivity (Wildman–Crippen MR) is 173 cm³/mol. The van der Waals surface area contributed by atoms with Crippen LogP contribution in [0.4, 0.5) is 4.79 Å². The SMILES string of the molecule is CCCCC(NC(=O)C1CCCN1C(=O)C(NC(=O)OCC(C)C)C1CCCCC1)C(=O)O.OCc1cccc2ccccc12. The summed E-state index contributed by atoms with van der Waals surface area (Å²) in [6.45, 7) is 6.63. The topological polar surface area (TPSA) is 145 Å². The number of nitrogens with zero attached hydrogens (tertiary/aromatic N) is 1. The number of alkyl carbamates (subject to hydrolysis) is 1. The monoisotopic (exact) mass is 625 g/mol. The van der Waals surface area contributed by atoms with Crippen molar-refractivity contribution >= 4 is 34.6 Å². The highest BCUT2D eigenvalue weighted by molar-refractivity contribution is 5.93. The van der Waals surface area contributed by atoms with Gasteiger partial charge in [-0.2, -0.15) is 0 Å². The molecule has 2 fully saturated rings. The molecule has 4 rings (SSSR count). The number of aliphatic carboxylic acids is 1. The van der Waals surface area contributed by atoms with E-state index in [-0.39, 0.29) is 31.0 Å². The Morgan fingerprint density at radius 3 is 2.33 bits per heavy atom. The number of unbranched alkanes of at least 4 members (excludes halogenated alkanes) is 1. The van der Waals surface area contributed by atoms with E-state index >= 15 is 0 Å². The molecule has 3 amide bonds. The van der Waals surface area contributed by atoms with Gasteiger partial charge in [-0.15, -0.1) is 0 Å². The number of benzene rings is 2. The molecule has 3 unspecified atom stereocenters. The van der Waals surface area contributed by atoms with E-state index in [1.165, 1.54) is 10.3 Å². The normalized spacial score (nSPS) is 18.1. The molecule has 2 aromatic rings. The van der Waals surface area contributed by atoms with Crippen molar-refractivity contribution in [3.05, 3.63) is 48.0 Å². The molecule has 2 aromatic carbocycles. The highest BCUT2D eigenvalue weighted by Crippen LogP contribution is 2.29. The maximum atomic E-state index is 13.6. The van der Waals surface area contributed by atoms with Crippen molar-refractivity contribution in [2.24, 2.45) is 11.8 Å². The average molecular weight is 626 g/mol. The van der Waals surface area contributed by atoms with Gasteiger partial charge in [0, 0.05) is 6.54 Å². The number of aliphatic hydroxyl groups excluding tert-OH is 1. The number of carboxylic acids is 1. The predicted octanol–water partition coefficient (Wildman–Crippen LogP) is 5.40. The number of hydrogen-bond acceptors (Lipinski definition) is 6. The minimum atomic E-state index is -1.07. The summed E-state index contributed by atoms with van der Waals surface area (Å²) >= 11 is 0. The van der Waals surface area contributed by atoms with Crippen LogP contribution in [0.1, 0.15) is 90.5 Å². The third-order valence-electron chi connectivity index (χ3n) is 8.56. The van der Waals surface area contributed by atoms with E-state index < -0.39 is 36.1 Å². The lowest BCUT2D eigenvalue weighted by molar-refractivity contribution is -0.145. The summed E-state index contributed by atoms with van der Waals surface area (Å²) in [6, 6.07) is 11.6. The van der Waals surface area contributed by atoms with Crippen molar-refractivity contribution in [2.75, 3.05) is 13.2 Å². The second-order valence-electron chi connectivity index (χ2n) is 12.5. The number of hydrogen-bond donors (Lipinski definition) is 4. The quantitative estimate of drug-likeness (QED) is 0.247. The van der Waals surface area contributed by atoms with E-state index in [1.807, 2.05) is 51.1 Å². The van der Waals surface area contributed by atoms with Gasteiger partial charge in [0.15, 0.2) is 0 Å². The second kappa shape index (κ2) is 18.3. The zero-order valence-electron chi connectivity index (χ0n) is 27.0. The molecular weight excluding hydrogens is 574 g/mol. The molecule has 45 heavy (non-hydrogen) atoms. The lowest BCUT2D eigenvalue weighted by atomic mass is 9.83. The van der Waals surface area contributed by atoms with Crippen LogP contribution in [-0.4, -0.2) is 70.3 Å². The van der Waals surface area contributed by atoms with Crippen LogP contribution in [0, 0.1) is 11.8 Å². The zero-order valence-corrected chi connectivity index (χ0v) is 27.0. The first-order valence-electron chi connectivity index (χ1n) is 16.5. The summed E-state index contributed by atoms with van der Waals surface area (Å²) in [4.78, 5) is 52.0. The summed E-state index contributed by atoms with van der Waals surface area (Å²) in [5, 5.41) is 26.2. The van der Waals surface area contributed by atoms with E-state index in [9.17, 15) is 24.3 Å². The fourth-order valence-electron chi connectivity index (χ4n) is 6.11. The maximum absolute atomic E-state index is 13.6. The van der Waals surface area contributed by atoms with Crippen molar-refractivity contribution < 1.29 is 34.1 Å². The van der Waals surface area contributed by atoms with Crippen LogP contribution >= 0.6 is 0 Å². The number of ether oxygens (including phenoxy) is 1. The number of carbonyl (C=O) groups is 4. The van der Waals surface area contributed by atoms with Crippen LogP contribution in [0.15, 0.2) is 42.5 Å². The van der Waals surface area contributed by atoms with Gasteiger partial charge in [-0.05, 0) is 60.3 Å². The van der Waals surface area contributed by atoms with Gasteiger partial charge in [0.2, 0.25) is 11.8 Å². The summed E-state index contributed by atoms with van der Waals surface area (Å²) < 4.78 is 5.26. The van der Waals surface area contributed by atoms with Gasteiger partial charge in [-0.25, -0.2) is 9.59 Å². The lowest BCUT2D eigenvalue weighted by Gasteiger charge is -2.34. The minimum Gasteiger partial charge on any atom is -0.480 e. The molecular formula is C35H51N3O7. The van der Waals surface area contributed by atoms with Crippen molar-refractivity contribution in [3.63, 3.8) is 0 Å². The van der Waals surface area contributed by atoms with Crippen LogP contribution in [0.25, 0.3) is 10.8 Å². The number of carboxylic acid groups (broad SMARTS) is 1. The number of carbonyl (C=O) groups excluding carboxylic acids is 3. The Labute approximate surface area is 266 Å². The molecule has 2 aliphatic rings. The number of nitrogens with one attached hydrogen (secondary N) is 2. The van der Waals surface area contributed by atoms with Crippen molar-refractivity contribution in [1.82, 2.24) is 15.5 Å². The molecule has 0 aromatic heterocycles. The van der Waals surface area contributed by atoms with Gasteiger partial charge in [-0.1, -0.05) is 95.3 Å². The number of likely N-dealkylation sites (tertiary alicyclic amines) is 1. The molecule has 3 atom stereocenters. The molecule has 10 heteroatoms. The summed E-state index contributed by atoms with van der Waals surface area (Å²) in [6.07, 6.45) is 7.18. The Morgan fingerprint density at radius 2 is 1.67 bits per heavy atom. The molecule has 1 saturated carbocycles. The Morgan fingerprint density at radius 1 is 0.956 bits per heavy atom. The van der Waals surface area contributed by atoms with Crippen LogP contribution < -0.4 is 10.6 Å². The first-order chi connectivity index (χ1) is 21.7. The molecule has 4 N–H and O–H groups in total. The highest BCUT2D eigenvalue weighted by atomic mass is 16.5. The molecule has 1 saturated heterocycles. The Kier molecular flexibility index (Phi) is 14.6. The molecule has 248 valence electrons. The van der Waals surface area contributed by atoms with Crippen molar-refractivity contribution in [2.45, 2.75) is 110 Å².